The molecule has 0 spiro atoms. The Hall–Kier alpha value is -3.19. The van der Waals surface area contributed by atoms with Gasteiger partial charge in [-0.05, 0) is 29.5 Å². The van der Waals surface area contributed by atoms with Crippen molar-refractivity contribution >= 4 is 64.2 Å². The molecule has 1 aromatic carbocycles. The molecule has 208 valence electrons. The van der Waals surface area contributed by atoms with Crippen LogP contribution in [0.1, 0.15) is 22.9 Å². The summed E-state index contributed by atoms with van der Waals surface area (Å²) < 4.78 is 0. The highest BCUT2D eigenvalue weighted by atomic mass is 35.5. The summed E-state index contributed by atoms with van der Waals surface area (Å²) >= 11 is 13.8. The molecule has 4 rings (SSSR count). The lowest BCUT2D eigenvalue weighted by atomic mass is 10.0. The summed E-state index contributed by atoms with van der Waals surface area (Å²) in [5.41, 5.74) is 0.792. The first-order valence-electron chi connectivity index (χ1n) is 12.4. The summed E-state index contributed by atoms with van der Waals surface area (Å²) in [5, 5.41) is 21.4. The van der Waals surface area contributed by atoms with E-state index in [9.17, 15) is 14.7 Å². The Morgan fingerprint density at radius 3 is 2.64 bits per heavy atom. The Kier molecular flexibility index (Phi) is 10.2. The van der Waals surface area contributed by atoms with Crippen LogP contribution in [-0.2, 0) is 16.1 Å². The Morgan fingerprint density at radius 1 is 1.15 bits per heavy atom. The first kappa shape index (κ1) is 28.8. The third-order valence-electron chi connectivity index (χ3n) is 6.27. The van der Waals surface area contributed by atoms with Gasteiger partial charge in [-0.15, -0.1) is 22.9 Å². The number of carbonyl (C=O) groups excluding carboxylic acids is 2. The first-order chi connectivity index (χ1) is 18.9. The van der Waals surface area contributed by atoms with Gasteiger partial charge in [-0.2, -0.15) is 15.0 Å². The number of piperazine rings is 1. The van der Waals surface area contributed by atoms with E-state index in [-0.39, 0.29) is 48.8 Å². The van der Waals surface area contributed by atoms with E-state index in [0.717, 1.165) is 10.4 Å². The molecular formula is C25H30Cl2N8O3S. The van der Waals surface area contributed by atoms with Crippen molar-refractivity contribution in [3.8, 4) is 0 Å². The van der Waals surface area contributed by atoms with Gasteiger partial charge in [0.1, 0.15) is 11.9 Å². The monoisotopic (exact) mass is 592 g/mol. The number of benzene rings is 1. The van der Waals surface area contributed by atoms with Gasteiger partial charge in [-0.1, -0.05) is 35.9 Å². The molecule has 1 aliphatic heterocycles. The minimum atomic E-state index is -0.748. The summed E-state index contributed by atoms with van der Waals surface area (Å²) in [4.78, 5) is 43.7. The molecule has 0 aliphatic carbocycles. The molecule has 3 heterocycles. The normalized spacial score (nSPS) is 16.1. The van der Waals surface area contributed by atoms with Crippen molar-refractivity contribution in [1.82, 2.24) is 25.2 Å². The Bertz CT molecular complexity index is 1270. The minimum Gasteiger partial charge on any atom is -0.396 e. The topological polar surface area (TPSA) is 136 Å². The summed E-state index contributed by atoms with van der Waals surface area (Å²) in [6.45, 7) is 1.10. The second kappa shape index (κ2) is 13.7. The predicted molar refractivity (Wildman–Crippen MR) is 153 cm³/mol. The van der Waals surface area contributed by atoms with Crippen molar-refractivity contribution in [2.45, 2.75) is 25.0 Å². The minimum absolute atomic E-state index is 0.0806. The maximum Gasteiger partial charge on any atom is 0.244 e. The third-order valence-corrected chi connectivity index (χ3v) is 7.72. The van der Waals surface area contributed by atoms with Gasteiger partial charge < -0.3 is 30.9 Å². The van der Waals surface area contributed by atoms with Gasteiger partial charge in [0, 0.05) is 36.6 Å². The maximum absolute atomic E-state index is 13.4. The number of anilines is 3. The molecule has 14 heteroatoms. The number of hydrogen-bond donors (Lipinski definition) is 4. The smallest absolute Gasteiger partial charge is 0.244 e. The molecule has 0 radical (unpaired) electrons. The summed E-state index contributed by atoms with van der Waals surface area (Å²) in [6, 6.07) is 10.1. The maximum atomic E-state index is 13.4. The third kappa shape index (κ3) is 7.27. The number of nitrogens with zero attached hydrogens (tertiary/aromatic N) is 5. The molecule has 3 aromatic rings. The number of hydrogen-bond acceptors (Lipinski definition) is 10. The van der Waals surface area contributed by atoms with Crippen LogP contribution < -0.4 is 20.9 Å². The van der Waals surface area contributed by atoms with Crippen molar-refractivity contribution in [3.63, 3.8) is 0 Å². The van der Waals surface area contributed by atoms with Crippen LogP contribution >= 0.6 is 34.5 Å². The van der Waals surface area contributed by atoms with Crippen LogP contribution in [-0.4, -0.2) is 82.0 Å². The highest BCUT2D eigenvalue weighted by Crippen LogP contribution is 2.29. The predicted octanol–water partition coefficient (Wildman–Crippen LogP) is 2.74. The Balaban J connectivity index is 1.62. The first-order valence-corrected chi connectivity index (χ1v) is 14.2. The van der Waals surface area contributed by atoms with E-state index in [0.29, 0.717) is 37.0 Å². The molecule has 1 saturated heterocycles. The molecule has 0 saturated carbocycles. The zero-order valence-electron chi connectivity index (χ0n) is 21.3. The second-order valence-electron chi connectivity index (χ2n) is 8.74. The van der Waals surface area contributed by atoms with Crippen molar-refractivity contribution in [2.75, 3.05) is 54.7 Å². The number of halogens is 2. The molecule has 11 nitrogen and oxygen atoms in total. The van der Waals surface area contributed by atoms with Gasteiger partial charge in [-0.25, -0.2) is 0 Å². The van der Waals surface area contributed by atoms with Crippen LogP contribution in [0.25, 0.3) is 0 Å². The molecule has 2 atom stereocenters. The standard InChI is InChI=1S/C25H30Cl2N8O3S/c1-28-23-31-24(30-19(8-11-36)17-6-2-3-7-18(17)27)33-25(32-23)35-10-9-34(21(37)13-26)15-20(35)22(38)29-14-16-5-4-12-39-16/h2-7,12,19-20,36H,8-11,13-15H2,1H3,(H,29,38)(H2,28,30,31,32,33). The molecule has 2 unspecified atom stereocenters. The van der Waals surface area contributed by atoms with Crippen molar-refractivity contribution in [1.29, 1.82) is 0 Å². The van der Waals surface area contributed by atoms with E-state index in [2.05, 4.69) is 30.9 Å². The number of aliphatic hydroxyl groups is 1. The molecule has 2 aromatic heterocycles. The van der Waals surface area contributed by atoms with Crippen molar-refractivity contribution in [2.24, 2.45) is 0 Å². The highest BCUT2D eigenvalue weighted by Gasteiger charge is 2.36. The van der Waals surface area contributed by atoms with Gasteiger partial charge in [0.05, 0.1) is 19.1 Å². The van der Waals surface area contributed by atoms with Crippen LogP contribution in [0.15, 0.2) is 41.8 Å². The van der Waals surface area contributed by atoms with Gasteiger partial charge in [0.25, 0.3) is 0 Å². The average molecular weight is 594 g/mol. The van der Waals surface area contributed by atoms with Crippen molar-refractivity contribution < 1.29 is 14.7 Å². The highest BCUT2D eigenvalue weighted by molar-refractivity contribution is 7.09. The molecule has 4 N–H and O–H groups in total. The molecule has 2 amide bonds. The summed E-state index contributed by atoms with van der Waals surface area (Å²) in [6.07, 6.45) is 0.368. The molecule has 39 heavy (non-hydrogen) atoms. The van der Waals surface area contributed by atoms with Crippen molar-refractivity contribution in [3.05, 3.63) is 57.2 Å². The lowest BCUT2D eigenvalue weighted by Gasteiger charge is -2.40. The van der Waals surface area contributed by atoms with E-state index in [1.807, 2.05) is 35.7 Å². The number of amides is 2. The van der Waals surface area contributed by atoms with E-state index >= 15 is 0 Å². The van der Waals surface area contributed by atoms with Gasteiger partial charge in [-0.3, -0.25) is 9.59 Å². The number of rotatable bonds is 11. The molecule has 0 bridgehead atoms. The number of nitrogens with one attached hydrogen (secondary N) is 3. The average Bonchev–Trinajstić information content (AvgIpc) is 3.49. The van der Waals surface area contributed by atoms with Gasteiger partial charge >= 0.3 is 0 Å². The zero-order valence-corrected chi connectivity index (χ0v) is 23.6. The Morgan fingerprint density at radius 2 is 1.95 bits per heavy atom. The number of thiophene rings is 1. The SMILES string of the molecule is CNc1nc(NC(CCO)c2ccccc2Cl)nc(N2CCN(C(=O)CCl)CC2C(=O)NCc2cccs2)n1. The zero-order chi connectivity index (χ0) is 27.8. The van der Waals surface area contributed by atoms with Crippen LogP contribution in [0, 0.1) is 0 Å². The number of carbonyl (C=O) groups is 2. The summed E-state index contributed by atoms with van der Waals surface area (Å²) in [5.74, 6) is 0.148. The van der Waals surface area contributed by atoms with Crippen LogP contribution in [0.5, 0.6) is 0 Å². The van der Waals surface area contributed by atoms with Crippen LogP contribution in [0.4, 0.5) is 17.8 Å². The van der Waals surface area contributed by atoms with Crippen LogP contribution in [0.3, 0.4) is 0 Å². The van der Waals surface area contributed by atoms with E-state index in [4.69, 9.17) is 23.2 Å². The number of alkyl halides is 1. The van der Waals surface area contributed by atoms with Crippen LogP contribution in [0.2, 0.25) is 5.02 Å². The lowest BCUT2D eigenvalue weighted by Crippen LogP contribution is -2.60. The second-order valence-corrected chi connectivity index (χ2v) is 10.4. The van der Waals surface area contributed by atoms with Gasteiger partial charge in [0.2, 0.25) is 29.7 Å². The quantitative estimate of drug-likeness (QED) is 0.248. The lowest BCUT2D eigenvalue weighted by molar-refractivity contribution is -0.131. The fourth-order valence-electron chi connectivity index (χ4n) is 4.28. The fourth-order valence-corrected chi connectivity index (χ4v) is 5.36. The van der Waals surface area contributed by atoms with E-state index in [1.165, 1.54) is 0 Å². The largest absolute Gasteiger partial charge is 0.396 e. The number of aromatic nitrogens is 3. The van der Waals surface area contributed by atoms with E-state index in [1.54, 1.807) is 34.3 Å². The fraction of sp³-hybridized carbons (Fsp3) is 0.400. The molecular weight excluding hydrogens is 563 g/mol. The Labute approximate surface area is 240 Å². The summed E-state index contributed by atoms with van der Waals surface area (Å²) in [7, 11) is 1.68. The number of aliphatic hydroxyl groups excluding tert-OH is 1. The molecule has 1 aliphatic rings. The van der Waals surface area contributed by atoms with Gasteiger partial charge in [0.15, 0.2) is 0 Å². The molecule has 1 fully saturated rings. The van der Waals surface area contributed by atoms with E-state index < -0.39 is 6.04 Å².